The average Bonchev–Trinajstić information content (AvgIpc) is 2.29. The SMILES string of the molecule is Bc1cccc(C(=O)N2CCN(C)CC2)c1.O.O. The van der Waals surface area contributed by atoms with Crippen LogP contribution in [-0.2, 0) is 0 Å². The fraction of sp³-hybridized carbons (Fsp3) is 0.417. The van der Waals surface area contributed by atoms with Gasteiger partial charge in [0.25, 0.3) is 5.91 Å². The summed E-state index contributed by atoms with van der Waals surface area (Å²) in [6.07, 6.45) is 0. The van der Waals surface area contributed by atoms with Crippen LogP contribution in [0.1, 0.15) is 10.4 Å². The number of hydrogen-bond donors (Lipinski definition) is 0. The van der Waals surface area contributed by atoms with Gasteiger partial charge in [0, 0.05) is 31.7 Å². The largest absolute Gasteiger partial charge is 0.412 e. The molecule has 1 saturated heterocycles. The van der Waals surface area contributed by atoms with E-state index < -0.39 is 0 Å². The van der Waals surface area contributed by atoms with Crippen LogP contribution in [0, 0.1) is 0 Å². The maximum atomic E-state index is 12.2. The Morgan fingerprint density at radius 2 is 1.78 bits per heavy atom. The quantitative estimate of drug-likeness (QED) is 0.525. The molecule has 2 rings (SSSR count). The van der Waals surface area contributed by atoms with Crippen LogP contribution in [0.4, 0.5) is 0 Å². The van der Waals surface area contributed by atoms with E-state index in [9.17, 15) is 4.79 Å². The summed E-state index contributed by atoms with van der Waals surface area (Å²) >= 11 is 0. The molecule has 0 radical (unpaired) electrons. The van der Waals surface area contributed by atoms with Gasteiger partial charge in [0.2, 0.25) is 0 Å². The molecule has 1 aliphatic heterocycles. The molecule has 18 heavy (non-hydrogen) atoms. The summed E-state index contributed by atoms with van der Waals surface area (Å²) in [5.74, 6) is 0.164. The van der Waals surface area contributed by atoms with Crippen molar-refractivity contribution in [3.8, 4) is 0 Å². The van der Waals surface area contributed by atoms with Crippen molar-refractivity contribution in [2.75, 3.05) is 33.2 Å². The van der Waals surface area contributed by atoms with Crippen molar-refractivity contribution in [2.24, 2.45) is 0 Å². The van der Waals surface area contributed by atoms with Crippen molar-refractivity contribution in [1.82, 2.24) is 9.80 Å². The first-order chi connectivity index (χ1) is 7.66. The van der Waals surface area contributed by atoms with Gasteiger partial charge < -0.3 is 20.8 Å². The van der Waals surface area contributed by atoms with Crippen LogP contribution >= 0.6 is 0 Å². The number of likely N-dealkylation sites (N-methyl/N-ethyl adjacent to an activating group) is 1. The normalized spacial score (nSPS) is 15.5. The molecule has 1 fully saturated rings. The number of rotatable bonds is 1. The molecule has 1 aromatic carbocycles. The molecule has 0 bridgehead atoms. The minimum absolute atomic E-state index is 0. The van der Waals surface area contributed by atoms with E-state index >= 15 is 0 Å². The molecule has 6 heteroatoms. The van der Waals surface area contributed by atoms with Crippen molar-refractivity contribution in [2.45, 2.75) is 0 Å². The second-order valence-electron chi connectivity index (χ2n) is 4.46. The van der Waals surface area contributed by atoms with Gasteiger partial charge in [0.05, 0.1) is 0 Å². The van der Waals surface area contributed by atoms with Crippen molar-refractivity contribution in [3.05, 3.63) is 29.8 Å². The average molecular weight is 252 g/mol. The fourth-order valence-corrected chi connectivity index (χ4v) is 1.97. The Balaban J connectivity index is 0.00000144. The topological polar surface area (TPSA) is 86.6 Å². The molecule has 100 valence electrons. The van der Waals surface area contributed by atoms with E-state index in [4.69, 9.17) is 0 Å². The van der Waals surface area contributed by atoms with Gasteiger partial charge in [-0.15, -0.1) is 0 Å². The summed E-state index contributed by atoms with van der Waals surface area (Å²) < 4.78 is 0. The van der Waals surface area contributed by atoms with Crippen molar-refractivity contribution in [1.29, 1.82) is 0 Å². The minimum atomic E-state index is 0. The highest BCUT2D eigenvalue weighted by atomic mass is 16.2. The predicted molar refractivity (Wildman–Crippen MR) is 75.2 cm³/mol. The summed E-state index contributed by atoms with van der Waals surface area (Å²) in [4.78, 5) is 16.4. The van der Waals surface area contributed by atoms with E-state index in [0.717, 1.165) is 37.2 Å². The molecule has 0 unspecified atom stereocenters. The Labute approximate surface area is 108 Å². The molecule has 0 atom stereocenters. The zero-order chi connectivity index (χ0) is 11.5. The first kappa shape index (κ1) is 16.6. The Kier molecular flexibility index (Phi) is 6.61. The van der Waals surface area contributed by atoms with Gasteiger partial charge >= 0.3 is 0 Å². The van der Waals surface area contributed by atoms with Crippen molar-refractivity contribution in [3.63, 3.8) is 0 Å². The van der Waals surface area contributed by atoms with E-state index in [1.54, 1.807) is 0 Å². The number of piperazine rings is 1. The molecule has 0 saturated carbocycles. The third kappa shape index (κ3) is 3.84. The lowest BCUT2D eigenvalue weighted by Crippen LogP contribution is -2.47. The predicted octanol–water partition coefficient (Wildman–Crippen LogP) is -2.32. The van der Waals surface area contributed by atoms with Crippen LogP contribution in [0.5, 0.6) is 0 Å². The van der Waals surface area contributed by atoms with Crippen LogP contribution in [0.25, 0.3) is 0 Å². The van der Waals surface area contributed by atoms with E-state index in [1.807, 2.05) is 37.0 Å². The summed E-state index contributed by atoms with van der Waals surface area (Å²) in [5.41, 5.74) is 1.95. The summed E-state index contributed by atoms with van der Waals surface area (Å²) in [6.45, 7) is 3.61. The lowest BCUT2D eigenvalue weighted by Gasteiger charge is -2.32. The Morgan fingerprint density at radius 3 is 2.33 bits per heavy atom. The third-order valence-electron chi connectivity index (χ3n) is 3.06. The number of benzene rings is 1. The molecule has 1 aromatic rings. The highest BCUT2D eigenvalue weighted by molar-refractivity contribution is 6.32. The monoisotopic (exact) mass is 252 g/mol. The number of hydrogen-bond acceptors (Lipinski definition) is 2. The maximum Gasteiger partial charge on any atom is 0.253 e. The summed E-state index contributed by atoms with van der Waals surface area (Å²) in [5, 5.41) is 0. The molecule has 1 heterocycles. The number of amides is 1. The van der Waals surface area contributed by atoms with Crippen LogP contribution < -0.4 is 5.46 Å². The Hall–Kier alpha value is -1.37. The minimum Gasteiger partial charge on any atom is -0.412 e. The number of nitrogens with zero attached hydrogens (tertiary/aromatic N) is 2. The Bertz CT molecular complexity index is 393. The van der Waals surface area contributed by atoms with E-state index in [0.29, 0.717) is 0 Å². The second kappa shape index (κ2) is 7.15. The highest BCUT2D eigenvalue weighted by Gasteiger charge is 2.19. The zero-order valence-corrected chi connectivity index (χ0v) is 10.9. The van der Waals surface area contributed by atoms with Gasteiger partial charge in [-0.1, -0.05) is 23.7 Å². The first-order valence-electron chi connectivity index (χ1n) is 5.71. The standard InChI is InChI=1S/C12H17BN2O.2H2O/c1-14-5-7-15(8-6-14)12(16)10-3-2-4-11(13)9-10;;/h2-4,9H,5-8,13H2,1H3;2*1H2. The lowest BCUT2D eigenvalue weighted by atomic mass is 9.94. The van der Waals surface area contributed by atoms with Gasteiger partial charge in [0.1, 0.15) is 7.85 Å². The van der Waals surface area contributed by atoms with Crippen LogP contribution in [0.2, 0.25) is 0 Å². The van der Waals surface area contributed by atoms with Crippen molar-refractivity contribution < 1.29 is 15.7 Å². The second-order valence-corrected chi connectivity index (χ2v) is 4.46. The molecule has 0 aromatic heterocycles. The van der Waals surface area contributed by atoms with Crippen molar-refractivity contribution >= 4 is 19.2 Å². The Morgan fingerprint density at radius 1 is 1.17 bits per heavy atom. The van der Waals surface area contributed by atoms with Crippen LogP contribution in [-0.4, -0.2) is 67.7 Å². The molecular formula is C12H21BN2O3. The van der Waals surface area contributed by atoms with Gasteiger partial charge in [-0.25, -0.2) is 0 Å². The number of carbonyl (C=O) groups is 1. The van der Waals surface area contributed by atoms with Gasteiger partial charge in [0.15, 0.2) is 0 Å². The maximum absolute atomic E-state index is 12.2. The molecule has 1 amide bonds. The lowest BCUT2D eigenvalue weighted by molar-refractivity contribution is 0.0664. The molecule has 0 spiro atoms. The molecule has 4 N–H and O–H groups in total. The van der Waals surface area contributed by atoms with Crippen LogP contribution in [0.15, 0.2) is 24.3 Å². The first-order valence-corrected chi connectivity index (χ1v) is 5.71. The molecule has 1 aliphatic rings. The van der Waals surface area contributed by atoms with E-state index in [1.165, 1.54) is 0 Å². The van der Waals surface area contributed by atoms with Crippen LogP contribution in [0.3, 0.4) is 0 Å². The van der Waals surface area contributed by atoms with E-state index in [-0.39, 0.29) is 16.9 Å². The molecule has 0 aliphatic carbocycles. The fourth-order valence-electron chi connectivity index (χ4n) is 1.97. The molecule has 5 nitrogen and oxygen atoms in total. The number of carbonyl (C=O) groups excluding carboxylic acids is 1. The summed E-state index contributed by atoms with van der Waals surface area (Å²) in [7, 11) is 4.11. The van der Waals surface area contributed by atoms with Gasteiger partial charge in [-0.3, -0.25) is 4.79 Å². The zero-order valence-electron chi connectivity index (χ0n) is 10.9. The van der Waals surface area contributed by atoms with E-state index in [2.05, 4.69) is 11.9 Å². The smallest absolute Gasteiger partial charge is 0.253 e. The van der Waals surface area contributed by atoms with Gasteiger partial charge in [-0.05, 0) is 13.1 Å². The third-order valence-corrected chi connectivity index (χ3v) is 3.06. The summed E-state index contributed by atoms with van der Waals surface area (Å²) in [6, 6.07) is 7.81. The van der Waals surface area contributed by atoms with Gasteiger partial charge in [-0.2, -0.15) is 0 Å². The molecular weight excluding hydrogens is 231 g/mol. The highest BCUT2D eigenvalue weighted by Crippen LogP contribution is 2.06.